The first-order valence-corrected chi connectivity index (χ1v) is 5.99. The minimum atomic E-state index is 0.179. The predicted octanol–water partition coefficient (Wildman–Crippen LogP) is 2.50. The van der Waals surface area contributed by atoms with Gasteiger partial charge < -0.3 is 10.3 Å². The summed E-state index contributed by atoms with van der Waals surface area (Å²) in [4.78, 5) is 4.40. The van der Waals surface area contributed by atoms with E-state index in [1.165, 1.54) is 0 Å². The Kier molecular flexibility index (Phi) is 4.47. The largest absolute Gasteiger partial charge is 0.339 e. The number of hydrogen-bond donors (Lipinski definition) is 1. The molecule has 0 fully saturated rings. The second-order valence-corrected chi connectivity index (χ2v) is 5.50. The summed E-state index contributed by atoms with van der Waals surface area (Å²) in [7, 11) is 0. The molecule has 0 aliphatic carbocycles. The van der Waals surface area contributed by atoms with Crippen molar-refractivity contribution < 1.29 is 4.52 Å². The van der Waals surface area contributed by atoms with Crippen LogP contribution in [0, 0.1) is 5.41 Å². The third-order valence-electron chi connectivity index (χ3n) is 2.45. The molecule has 0 saturated heterocycles. The maximum Gasteiger partial charge on any atom is 0.231 e. The van der Waals surface area contributed by atoms with Crippen molar-refractivity contribution in [1.82, 2.24) is 10.1 Å². The van der Waals surface area contributed by atoms with Gasteiger partial charge in [-0.1, -0.05) is 32.9 Å². The second-order valence-electron chi connectivity index (χ2n) is 5.50. The average molecular weight is 225 g/mol. The van der Waals surface area contributed by atoms with Crippen LogP contribution in [0.5, 0.6) is 0 Å². The molecule has 1 aromatic heterocycles. The molecular weight excluding hydrogens is 202 g/mol. The molecular formula is C12H23N3O. The summed E-state index contributed by atoms with van der Waals surface area (Å²) in [6.45, 7) is 9.24. The van der Waals surface area contributed by atoms with Crippen LogP contribution in [-0.2, 0) is 6.42 Å². The Hall–Kier alpha value is -0.900. The maximum absolute atomic E-state index is 5.77. The van der Waals surface area contributed by atoms with Crippen LogP contribution in [0.4, 0.5) is 0 Å². The molecule has 1 unspecified atom stereocenters. The Morgan fingerprint density at radius 2 is 2.06 bits per heavy atom. The lowest BCUT2D eigenvalue weighted by molar-refractivity contribution is 0.286. The van der Waals surface area contributed by atoms with E-state index in [4.69, 9.17) is 10.3 Å². The molecule has 0 aliphatic rings. The summed E-state index contributed by atoms with van der Waals surface area (Å²) in [6.07, 6.45) is 2.87. The highest BCUT2D eigenvalue weighted by Crippen LogP contribution is 2.29. The highest BCUT2D eigenvalue weighted by molar-refractivity contribution is 4.96. The van der Waals surface area contributed by atoms with Crippen LogP contribution >= 0.6 is 0 Å². The van der Waals surface area contributed by atoms with Crippen LogP contribution in [0.1, 0.15) is 58.2 Å². The third-order valence-corrected chi connectivity index (χ3v) is 2.45. The van der Waals surface area contributed by atoms with E-state index in [1.54, 1.807) is 0 Å². The van der Waals surface area contributed by atoms with Gasteiger partial charge in [0.1, 0.15) is 0 Å². The van der Waals surface area contributed by atoms with E-state index < -0.39 is 0 Å². The van der Waals surface area contributed by atoms with E-state index in [-0.39, 0.29) is 11.3 Å². The summed E-state index contributed by atoms with van der Waals surface area (Å²) in [5, 5.41) is 3.96. The molecule has 1 heterocycles. The highest BCUT2D eigenvalue weighted by atomic mass is 16.5. The van der Waals surface area contributed by atoms with Gasteiger partial charge in [-0.15, -0.1) is 0 Å². The van der Waals surface area contributed by atoms with Crippen LogP contribution in [0.15, 0.2) is 4.52 Å². The molecule has 0 aromatic carbocycles. The fourth-order valence-corrected chi connectivity index (χ4v) is 1.77. The van der Waals surface area contributed by atoms with Crippen LogP contribution in [0.25, 0.3) is 0 Å². The van der Waals surface area contributed by atoms with Gasteiger partial charge in [0, 0.05) is 13.0 Å². The molecule has 0 bridgehead atoms. The van der Waals surface area contributed by atoms with Crippen LogP contribution in [-0.4, -0.2) is 16.7 Å². The monoisotopic (exact) mass is 225 g/mol. The summed E-state index contributed by atoms with van der Waals surface area (Å²) >= 11 is 0. The molecule has 0 aliphatic heterocycles. The van der Waals surface area contributed by atoms with Crippen molar-refractivity contribution in [3.05, 3.63) is 11.7 Å². The Labute approximate surface area is 97.6 Å². The zero-order chi connectivity index (χ0) is 12.2. The van der Waals surface area contributed by atoms with Gasteiger partial charge in [0.25, 0.3) is 0 Å². The van der Waals surface area contributed by atoms with Crippen molar-refractivity contribution in [3.8, 4) is 0 Å². The predicted molar refractivity (Wildman–Crippen MR) is 64.2 cm³/mol. The minimum Gasteiger partial charge on any atom is -0.339 e. The molecule has 2 N–H and O–H groups in total. The average Bonchev–Trinajstić information content (AvgIpc) is 2.62. The molecule has 92 valence electrons. The van der Waals surface area contributed by atoms with Crippen molar-refractivity contribution in [3.63, 3.8) is 0 Å². The number of nitrogens with two attached hydrogens (primary N) is 1. The van der Waals surface area contributed by atoms with E-state index in [0.29, 0.717) is 12.4 Å². The van der Waals surface area contributed by atoms with Crippen molar-refractivity contribution in [2.45, 2.75) is 52.9 Å². The van der Waals surface area contributed by atoms with Crippen molar-refractivity contribution in [2.24, 2.45) is 11.1 Å². The second kappa shape index (κ2) is 5.43. The normalized spacial score (nSPS) is 14.1. The van der Waals surface area contributed by atoms with Gasteiger partial charge in [0.2, 0.25) is 5.89 Å². The first-order valence-electron chi connectivity index (χ1n) is 5.99. The van der Waals surface area contributed by atoms with Crippen LogP contribution in [0.3, 0.4) is 0 Å². The molecule has 1 rings (SSSR count). The van der Waals surface area contributed by atoms with Crippen LogP contribution in [0.2, 0.25) is 0 Å². The lowest BCUT2D eigenvalue weighted by Crippen LogP contribution is -2.19. The molecule has 4 heteroatoms. The highest BCUT2D eigenvalue weighted by Gasteiger charge is 2.23. The zero-order valence-corrected chi connectivity index (χ0v) is 10.8. The summed E-state index contributed by atoms with van der Waals surface area (Å²) < 4.78 is 5.28. The van der Waals surface area contributed by atoms with Gasteiger partial charge in [0.15, 0.2) is 5.82 Å². The minimum absolute atomic E-state index is 0.179. The van der Waals surface area contributed by atoms with Crippen molar-refractivity contribution in [1.29, 1.82) is 0 Å². The Balaban J connectivity index is 2.71. The molecule has 16 heavy (non-hydrogen) atoms. The van der Waals surface area contributed by atoms with Gasteiger partial charge in [0.05, 0.1) is 5.92 Å². The molecule has 0 radical (unpaired) electrons. The number of hydrogen-bond acceptors (Lipinski definition) is 4. The van der Waals surface area contributed by atoms with Crippen molar-refractivity contribution in [2.75, 3.05) is 6.54 Å². The Morgan fingerprint density at radius 1 is 1.38 bits per heavy atom. The number of aromatic nitrogens is 2. The molecule has 4 nitrogen and oxygen atoms in total. The SMILES string of the molecule is CCCc1noc(C(CN)CC(C)(C)C)n1. The molecule has 1 atom stereocenters. The first kappa shape index (κ1) is 13.2. The number of nitrogens with zero attached hydrogens (tertiary/aromatic N) is 2. The quantitative estimate of drug-likeness (QED) is 0.836. The summed E-state index contributed by atoms with van der Waals surface area (Å²) in [5.41, 5.74) is 5.99. The van der Waals surface area contributed by atoms with E-state index in [2.05, 4.69) is 37.8 Å². The smallest absolute Gasteiger partial charge is 0.231 e. The standard InChI is InChI=1S/C12H23N3O/c1-5-6-10-14-11(16-15-10)9(8-13)7-12(2,3)4/h9H,5-8,13H2,1-4H3. The summed E-state index contributed by atoms with van der Waals surface area (Å²) in [6, 6.07) is 0. The van der Waals surface area contributed by atoms with Gasteiger partial charge >= 0.3 is 0 Å². The zero-order valence-electron chi connectivity index (χ0n) is 10.8. The lowest BCUT2D eigenvalue weighted by atomic mass is 9.84. The van der Waals surface area contributed by atoms with E-state index in [9.17, 15) is 0 Å². The molecule has 0 amide bonds. The fraction of sp³-hybridized carbons (Fsp3) is 0.833. The van der Waals surface area contributed by atoms with E-state index in [1.807, 2.05) is 0 Å². The van der Waals surface area contributed by atoms with Gasteiger partial charge in [-0.05, 0) is 18.3 Å². The topological polar surface area (TPSA) is 64.9 Å². The molecule has 0 saturated carbocycles. The Bertz CT molecular complexity index is 314. The van der Waals surface area contributed by atoms with Crippen molar-refractivity contribution >= 4 is 0 Å². The molecule has 1 aromatic rings. The van der Waals surface area contributed by atoms with Gasteiger partial charge in [-0.3, -0.25) is 0 Å². The fourth-order valence-electron chi connectivity index (χ4n) is 1.77. The van der Waals surface area contributed by atoms with Gasteiger partial charge in [-0.2, -0.15) is 4.98 Å². The van der Waals surface area contributed by atoms with E-state index in [0.717, 1.165) is 25.1 Å². The van der Waals surface area contributed by atoms with Crippen LogP contribution < -0.4 is 5.73 Å². The van der Waals surface area contributed by atoms with E-state index >= 15 is 0 Å². The number of rotatable bonds is 5. The molecule has 0 spiro atoms. The Morgan fingerprint density at radius 3 is 2.56 bits per heavy atom. The third kappa shape index (κ3) is 3.93. The van der Waals surface area contributed by atoms with Gasteiger partial charge in [-0.25, -0.2) is 0 Å². The lowest BCUT2D eigenvalue weighted by Gasteiger charge is -2.22. The maximum atomic E-state index is 5.77. The summed E-state index contributed by atoms with van der Waals surface area (Å²) in [5.74, 6) is 1.67. The number of aryl methyl sites for hydroxylation is 1. The first-order chi connectivity index (χ1) is 7.46.